The minimum Gasteiger partial charge on any atom is -0.493 e. The molecule has 0 unspecified atom stereocenters. The summed E-state index contributed by atoms with van der Waals surface area (Å²) in [4.78, 5) is 10.8. The zero-order valence-electron chi connectivity index (χ0n) is 13.6. The number of benzene rings is 1. The van der Waals surface area contributed by atoms with Crippen molar-refractivity contribution in [2.75, 3.05) is 7.11 Å². The Kier molecular flexibility index (Phi) is 4.85. The van der Waals surface area contributed by atoms with Crippen LogP contribution in [0.2, 0.25) is 0 Å². The van der Waals surface area contributed by atoms with Gasteiger partial charge in [0.2, 0.25) is 0 Å². The van der Waals surface area contributed by atoms with Crippen molar-refractivity contribution < 1.29 is 14.3 Å². The van der Waals surface area contributed by atoms with Crippen molar-refractivity contribution >= 4 is 6.29 Å². The van der Waals surface area contributed by atoms with Crippen LogP contribution >= 0.6 is 0 Å². The Labute approximate surface area is 122 Å². The lowest BCUT2D eigenvalue weighted by molar-refractivity contribution is -0.00327. The summed E-state index contributed by atoms with van der Waals surface area (Å²) in [6.07, 6.45) is 0.822. The summed E-state index contributed by atoms with van der Waals surface area (Å²) < 4.78 is 11.6. The third-order valence-electron chi connectivity index (χ3n) is 3.14. The Morgan fingerprint density at radius 3 is 1.95 bits per heavy atom. The van der Waals surface area contributed by atoms with Gasteiger partial charge in [-0.1, -0.05) is 41.5 Å². The molecule has 3 heteroatoms. The number of hydrogen-bond donors (Lipinski definition) is 0. The highest BCUT2D eigenvalue weighted by molar-refractivity contribution is 5.76. The number of carbonyl (C=O) groups excluding carboxylic acids is 1. The lowest BCUT2D eigenvalue weighted by Crippen LogP contribution is -2.42. The highest BCUT2D eigenvalue weighted by atomic mass is 16.5. The Balaban J connectivity index is 3.15. The second kappa shape index (κ2) is 5.86. The average Bonchev–Trinajstić information content (AvgIpc) is 2.32. The molecule has 0 atom stereocenters. The second-order valence-corrected chi connectivity index (χ2v) is 7.26. The van der Waals surface area contributed by atoms with Crippen LogP contribution < -0.4 is 9.47 Å². The van der Waals surface area contributed by atoms with E-state index < -0.39 is 0 Å². The first-order chi connectivity index (χ1) is 9.09. The van der Waals surface area contributed by atoms with Crippen LogP contribution in [0.3, 0.4) is 0 Å². The molecule has 112 valence electrons. The van der Waals surface area contributed by atoms with Crippen molar-refractivity contribution in [3.63, 3.8) is 0 Å². The van der Waals surface area contributed by atoms with Gasteiger partial charge >= 0.3 is 0 Å². The van der Waals surface area contributed by atoms with Gasteiger partial charge < -0.3 is 9.47 Å². The molecular weight excluding hydrogens is 252 g/mol. The fraction of sp³-hybridized carbons (Fsp3) is 0.588. The van der Waals surface area contributed by atoms with Crippen molar-refractivity contribution in [1.82, 2.24) is 0 Å². The van der Waals surface area contributed by atoms with E-state index in [9.17, 15) is 4.79 Å². The van der Waals surface area contributed by atoms with Crippen LogP contribution in [0, 0.1) is 10.8 Å². The van der Waals surface area contributed by atoms with E-state index in [4.69, 9.17) is 9.47 Å². The molecule has 1 aromatic carbocycles. The number of hydrogen-bond acceptors (Lipinski definition) is 3. The largest absolute Gasteiger partial charge is 0.493 e. The van der Waals surface area contributed by atoms with Gasteiger partial charge in [0, 0.05) is 5.56 Å². The third-order valence-corrected chi connectivity index (χ3v) is 3.14. The predicted molar refractivity (Wildman–Crippen MR) is 81.7 cm³/mol. The van der Waals surface area contributed by atoms with E-state index in [1.165, 1.54) is 0 Å². The third kappa shape index (κ3) is 3.99. The summed E-state index contributed by atoms with van der Waals surface area (Å²) in [6, 6.07) is 5.24. The molecule has 0 aliphatic carbocycles. The summed E-state index contributed by atoms with van der Waals surface area (Å²) in [5.74, 6) is 1.26. The highest BCUT2D eigenvalue weighted by Crippen LogP contribution is 2.39. The van der Waals surface area contributed by atoms with E-state index in [1.807, 2.05) is 0 Å². The molecule has 1 aromatic rings. The Morgan fingerprint density at radius 1 is 1.00 bits per heavy atom. The molecule has 1 rings (SSSR count). The normalized spacial score (nSPS) is 12.4. The average molecular weight is 278 g/mol. The second-order valence-electron chi connectivity index (χ2n) is 7.26. The molecule has 0 fully saturated rings. The van der Waals surface area contributed by atoms with Crippen molar-refractivity contribution in [3.05, 3.63) is 23.8 Å². The molecule has 3 nitrogen and oxygen atoms in total. The minimum atomic E-state index is -0.00735. The lowest BCUT2D eigenvalue weighted by atomic mass is 9.74. The molecule has 0 bridgehead atoms. The fourth-order valence-corrected chi connectivity index (χ4v) is 2.63. The van der Waals surface area contributed by atoms with Gasteiger partial charge in [-0.15, -0.1) is 0 Å². The molecule has 0 saturated heterocycles. The van der Waals surface area contributed by atoms with Crippen LogP contribution in [0.5, 0.6) is 11.5 Å². The molecular formula is C17H26O3. The van der Waals surface area contributed by atoms with Crippen molar-refractivity contribution in [2.45, 2.75) is 47.6 Å². The lowest BCUT2D eigenvalue weighted by Gasteiger charge is -2.40. The van der Waals surface area contributed by atoms with E-state index in [1.54, 1.807) is 25.3 Å². The predicted octanol–water partition coefficient (Wildman–Crippen LogP) is 4.35. The van der Waals surface area contributed by atoms with Crippen LogP contribution in [0.15, 0.2) is 18.2 Å². The maximum atomic E-state index is 10.8. The van der Waals surface area contributed by atoms with E-state index in [0.717, 1.165) is 6.29 Å². The van der Waals surface area contributed by atoms with E-state index in [2.05, 4.69) is 41.5 Å². The van der Waals surface area contributed by atoms with Crippen LogP contribution in [0.1, 0.15) is 51.9 Å². The van der Waals surface area contributed by atoms with Gasteiger partial charge in [-0.3, -0.25) is 4.79 Å². The van der Waals surface area contributed by atoms with Crippen molar-refractivity contribution in [2.24, 2.45) is 10.8 Å². The van der Waals surface area contributed by atoms with Crippen LogP contribution in [-0.4, -0.2) is 19.5 Å². The number of rotatable bonds is 4. The molecule has 20 heavy (non-hydrogen) atoms. The van der Waals surface area contributed by atoms with Gasteiger partial charge in [0.05, 0.1) is 7.11 Å². The van der Waals surface area contributed by atoms with Gasteiger partial charge in [0.15, 0.2) is 11.5 Å². The number of ether oxygens (including phenoxy) is 2. The first-order valence-corrected chi connectivity index (χ1v) is 6.89. The summed E-state index contributed by atoms with van der Waals surface area (Å²) in [6.45, 7) is 13.0. The van der Waals surface area contributed by atoms with Gasteiger partial charge in [-0.05, 0) is 29.0 Å². The van der Waals surface area contributed by atoms with Gasteiger partial charge in [-0.25, -0.2) is 0 Å². The maximum absolute atomic E-state index is 10.8. The van der Waals surface area contributed by atoms with Crippen molar-refractivity contribution in [3.8, 4) is 11.5 Å². The molecule has 0 N–H and O–H groups in total. The molecule has 0 radical (unpaired) electrons. The SMILES string of the molecule is COc1cc(C=O)ccc1OC(C(C)(C)C)C(C)(C)C. The summed E-state index contributed by atoms with van der Waals surface area (Å²) in [5.41, 5.74) is 0.566. The molecule has 0 aromatic heterocycles. The highest BCUT2D eigenvalue weighted by Gasteiger charge is 2.37. The quantitative estimate of drug-likeness (QED) is 0.768. The number of aldehydes is 1. The molecule has 0 saturated carbocycles. The van der Waals surface area contributed by atoms with Crippen molar-refractivity contribution in [1.29, 1.82) is 0 Å². The maximum Gasteiger partial charge on any atom is 0.161 e. The zero-order chi connectivity index (χ0) is 15.6. The van der Waals surface area contributed by atoms with Gasteiger partial charge in [0.1, 0.15) is 12.4 Å². The molecule has 0 heterocycles. The van der Waals surface area contributed by atoms with E-state index >= 15 is 0 Å². The zero-order valence-corrected chi connectivity index (χ0v) is 13.6. The summed E-state index contributed by atoms with van der Waals surface area (Å²) in [5, 5.41) is 0. The summed E-state index contributed by atoms with van der Waals surface area (Å²) >= 11 is 0. The first kappa shape index (κ1) is 16.5. The topological polar surface area (TPSA) is 35.5 Å². The Bertz CT molecular complexity index is 450. The monoisotopic (exact) mass is 278 g/mol. The molecule has 0 aliphatic heterocycles. The number of carbonyl (C=O) groups is 1. The first-order valence-electron chi connectivity index (χ1n) is 6.89. The standard InChI is InChI=1S/C17H26O3/c1-16(2,3)15(17(4,5)6)20-13-9-8-12(11-18)10-14(13)19-7/h8-11,15H,1-7H3. The van der Waals surface area contributed by atoms with E-state index in [0.29, 0.717) is 17.1 Å². The van der Waals surface area contributed by atoms with Gasteiger partial charge in [-0.2, -0.15) is 0 Å². The Morgan fingerprint density at radius 2 is 1.55 bits per heavy atom. The fourth-order valence-electron chi connectivity index (χ4n) is 2.63. The minimum absolute atomic E-state index is 0.00735. The molecule has 0 amide bonds. The molecule has 0 spiro atoms. The Hall–Kier alpha value is -1.51. The van der Waals surface area contributed by atoms with Gasteiger partial charge in [0.25, 0.3) is 0 Å². The number of methoxy groups -OCH3 is 1. The van der Waals surface area contributed by atoms with Crippen LogP contribution in [0.4, 0.5) is 0 Å². The molecule has 0 aliphatic rings. The van der Waals surface area contributed by atoms with Crippen LogP contribution in [-0.2, 0) is 0 Å². The smallest absolute Gasteiger partial charge is 0.161 e. The van der Waals surface area contributed by atoms with E-state index in [-0.39, 0.29) is 16.9 Å². The van der Waals surface area contributed by atoms with Crippen LogP contribution in [0.25, 0.3) is 0 Å². The summed E-state index contributed by atoms with van der Waals surface area (Å²) in [7, 11) is 1.58.